The van der Waals surface area contributed by atoms with Crippen LogP contribution in [0.4, 0.5) is 5.69 Å². The summed E-state index contributed by atoms with van der Waals surface area (Å²) in [7, 11) is 0. The summed E-state index contributed by atoms with van der Waals surface area (Å²) < 4.78 is 2.07. The first-order chi connectivity index (χ1) is 16.5. The summed E-state index contributed by atoms with van der Waals surface area (Å²) >= 11 is 3.18. The number of carbonyl (C=O) groups is 1. The molecule has 1 N–H and O–H groups in total. The summed E-state index contributed by atoms with van der Waals surface area (Å²) in [5, 5.41) is 12.5. The molecule has 0 aliphatic heterocycles. The first-order valence-electron chi connectivity index (χ1n) is 11.3. The molecule has 0 saturated carbocycles. The fraction of sp³-hybridized carbons (Fsp3) is 0.222. The van der Waals surface area contributed by atoms with Gasteiger partial charge >= 0.3 is 0 Å². The third-order valence-electron chi connectivity index (χ3n) is 5.42. The number of nitrogens with one attached hydrogen (secondary N) is 1. The van der Waals surface area contributed by atoms with E-state index in [0.717, 1.165) is 27.9 Å². The second kappa shape index (κ2) is 11.4. The van der Waals surface area contributed by atoms with Gasteiger partial charge in [-0.1, -0.05) is 72.8 Å². The van der Waals surface area contributed by atoms with Crippen LogP contribution in [0.25, 0.3) is 5.69 Å². The predicted molar refractivity (Wildman–Crippen MR) is 142 cm³/mol. The van der Waals surface area contributed by atoms with Crippen molar-refractivity contribution >= 4 is 35.1 Å². The van der Waals surface area contributed by atoms with Gasteiger partial charge in [-0.3, -0.25) is 9.36 Å². The average Bonchev–Trinajstić information content (AvgIpc) is 3.26. The molecule has 34 heavy (non-hydrogen) atoms. The maximum absolute atomic E-state index is 13.1. The zero-order valence-corrected chi connectivity index (χ0v) is 21.2. The van der Waals surface area contributed by atoms with Crippen molar-refractivity contribution in [3.8, 4) is 5.69 Å². The predicted octanol–water partition coefficient (Wildman–Crippen LogP) is 6.69. The number of anilines is 1. The number of amides is 1. The maximum atomic E-state index is 13.1. The van der Waals surface area contributed by atoms with Crippen LogP contribution in [0.15, 0.2) is 88.9 Å². The maximum Gasteiger partial charge on any atom is 0.237 e. The number of thioether (sulfide) groups is 2. The lowest BCUT2D eigenvalue weighted by Gasteiger charge is -2.16. The third-order valence-corrected chi connectivity index (χ3v) is 7.73. The number of rotatable bonds is 9. The summed E-state index contributed by atoms with van der Waals surface area (Å²) in [6.45, 7) is 6.10. The standard InChI is InChI=1S/C27H28N4OS2/c1-4-24(26(32)28-23-13-9-8-10-20(23)3)34-27-30-29-25(31(27)21-11-6-5-7-12-21)18-33-22-16-14-19(2)15-17-22/h5-17,24H,4,18H2,1-3H3,(H,28,32). The highest BCUT2D eigenvalue weighted by molar-refractivity contribution is 8.00. The lowest BCUT2D eigenvalue weighted by Crippen LogP contribution is -2.25. The van der Waals surface area contributed by atoms with Gasteiger partial charge in [0.05, 0.1) is 11.0 Å². The molecule has 5 nitrogen and oxygen atoms in total. The minimum absolute atomic E-state index is 0.0278. The van der Waals surface area contributed by atoms with E-state index in [4.69, 9.17) is 0 Å². The minimum Gasteiger partial charge on any atom is -0.325 e. The minimum atomic E-state index is -0.288. The first kappa shape index (κ1) is 24.1. The van der Waals surface area contributed by atoms with Crippen LogP contribution in [0.5, 0.6) is 0 Å². The summed E-state index contributed by atoms with van der Waals surface area (Å²) in [6.07, 6.45) is 0.678. The molecule has 7 heteroatoms. The first-order valence-corrected chi connectivity index (χ1v) is 13.1. The van der Waals surface area contributed by atoms with Crippen molar-refractivity contribution in [1.82, 2.24) is 14.8 Å². The molecule has 1 unspecified atom stereocenters. The normalized spacial score (nSPS) is 11.9. The number of para-hydroxylation sites is 2. The number of nitrogens with zero attached hydrogens (tertiary/aromatic N) is 3. The summed E-state index contributed by atoms with van der Waals surface area (Å²) in [5.41, 5.74) is 4.11. The Morgan fingerprint density at radius 2 is 1.65 bits per heavy atom. The molecule has 1 heterocycles. The van der Waals surface area contributed by atoms with Crippen LogP contribution in [0, 0.1) is 13.8 Å². The Labute approximate surface area is 209 Å². The van der Waals surface area contributed by atoms with E-state index in [1.165, 1.54) is 22.2 Å². The number of aryl methyl sites for hydroxylation is 2. The van der Waals surface area contributed by atoms with Gasteiger partial charge in [0.25, 0.3) is 0 Å². The Morgan fingerprint density at radius 3 is 2.35 bits per heavy atom. The molecule has 4 rings (SSSR count). The van der Waals surface area contributed by atoms with Gasteiger partial charge in [0.1, 0.15) is 5.82 Å². The van der Waals surface area contributed by atoms with Gasteiger partial charge in [-0.15, -0.1) is 22.0 Å². The molecule has 4 aromatic rings. The van der Waals surface area contributed by atoms with E-state index < -0.39 is 0 Å². The lowest BCUT2D eigenvalue weighted by atomic mass is 10.2. The molecule has 0 aliphatic carbocycles. The van der Waals surface area contributed by atoms with Gasteiger partial charge in [-0.05, 0) is 56.2 Å². The molecule has 174 valence electrons. The lowest BCUT2D eigenvalue weighted by molar-refractivity contribution is -0.115. The van der Waals surface area contributed by atoms with Gasteiger partial charge in [0.2, 0.25) is 5.91 Å². The monoisotopic (exact) mass is 488 g/mol. The quantitative estimate of drug-likeness (QED) is 0.266. The molecule has 1 aromatic heterocycles. The van der Waals surface area contributed by atoms with Gasteiger partial charge in [0, 0.05) is 16.3 Å². The fourth-order valence-corrected chi connectivity index (χ4v) is 5.27. The van der Waals surface area contributed by atoms with E-state index in [-0.39, 0.29) is 11.2 Å². The van der Waals surface area contributed by atoms with E-state index in [9.17, 15) is 4.79 Å². The topological polar surface area (TPSA) is 59.8 Å². The molecule has 1 amide bonds. The smallest absolute Gasteiger partial charge is 0.237 e. The Morgan fingerprint density at radius 1 is 0.941 bits per heavy atom. The van der Waals surface area contributed by atoms with Crippen LogP contribution in [0.3, 0.4) is 0 Å². The zero-order chi connectivity index (χ0) is 23.9. The van der Waals surface area contributed by atoms with E-state index in [1.54, 1.807) is 11.8 Å². The largest absolute Gasteiger partial charge is 0.325 e. The third kappa shape index (κ3) is 5.90. The molecular formula is C27H28N4OS2. The van der Waals surface area contributed by atoms with Crippen LogP contribution in [0.2, 0.25) is 0 Å². The molecule has 1 atom stereocenters. The number of carbonyl (C=O) groups excluding carboxylic acids is 1. The Hall–Kier alpha value is -3.03. The van der Waals surface area contributed by atoms with E-state index in [1.807, 2.05) is 68.4 Å². The second-order valence-electron chi connectivity index (χ2n) is 7.99. The number of hydrogen-bond acceptors (Lipinski definition) is 5. The number of aromatic nitrogens is 3. The van der Waals surface area contributed by atoms with Crippen LogP contribution in [-0.4, -0.2) is 25.9 Å². The number of benzene rings is 3. The van der Waals surface area contributed by atoms with Crippen molar-refractivity contribution in [2.45, 2.75) is 48.2 Å². The highest BCUT2D eigenvalue weighted by Gasteiger charge is 2.24. The molecule has 0 fully saturated rings. The number of hydrogen-bond donors (Lipinski definition) is 1. The van der Waals surface area contributed by atoms with Crippen molar-refractivity contribution < 1.29 is 4.79 Å². The summed E-state index contributed by atoms with van der Waals surface area (Å²) in [5.74, 6) is 1.51. The van der Waals surface area contributed by atoms with Crippen molar-refractivity contribution in [1.29, 1.82) is 0 Å². The fourth-order valence-electron chi connectivity index (χ4n) is 3.46. The highest BCUT2D eigenvalue weighted by Crippen LogP contribution is 2.31. The summed E-state index contributed by atoms with van der Waals surface area (Å²) in [6, 6.07) is 26.4. The van der Waals surface area contributed by atoms with Gasteiger partial charge in [0.15, 0.2) is 5.16 Å². The molecular weight excluding hydrogens is 460 g/mol. The van der Waals surface area contributed by atoms with E-state index >= 15 is 0 Å². The molecule has 0 radical (unpaired) electrons. The second-order valence-corrected chi connectivity index (χ2v) is 10.2. The SMILES string of the molecule is CCC(Sc1nnc(CSc2ccc(C)cc2)n1-c1ccccc1)C(=O)Nc1ccccc1C. The van der Waals surface area contributed by atoms with Crippen LogP contribution >= 0.6 is 23.5 Å². The van der Waals surface area contributed by atoms with Crippen LogP contribution in [0.1, 0.15) is 30.3 Å². The van der Waals surface area contributed by atoms with Crippen molar-refractivity contribution in [2.24, 2.45) is 0 Å². The van der Waals surface area contributed by atoms with E-state index in [2.05, 4.69) is 51.3 Å². The van der Waals surface area contributed by atoms with Crippen molar-refractivity contribution in [2.75, 3.05) is 5.32 Å². The molecule has 0 spiro atoms. The molecule has 3 aromatic carbocycles. The van der Waals surface area contributed by atoms with Crippen LogP contribution < -0.4 is 5.32 Å². The van der Waals surface area contributed by atoms with Crippen molar-refractivity contribution in [3.63, 3.8) is 0 Å². The molecule has 0 bridgehead atoms. The van der Waals surface area contributed by atoms with Crippen LogP contribution in [-0.2, 0) is 10.5 Å². The Bertz CT molecular complexity index is 1240. The van der Waals surface area contributed by atoms with Gasteiger partial charge in [-0.2, -0.15) is 0 Å². The zero-order valence-electron chi connectivity index (χ0n) is 19.6. The van der Waals surface area contributed by atoms with Gasteiger partial charge < -0.3 is 5.32 Å². The highest BCUT2D eigenvalue weighted by atomic mass is 32.2. The van der Waals surface area contributed by atoms with Crippen molar-refractivity contribution in [3.05, 3.63) is 95.8 Å². The van der Waals surface area contributed by atoms with Gasteiger partial charge in [-0.25, -0.2) is 0 Å². The molecule has 0 saturated heterocycles. The summed E-state index contributed by atoms with van der Waals surface area (Å²) in [4.78, 5) is 14.3. The average molecular weight is 489 g/mol. The Balaban J connectivity index is 1.57. The van der Waals surface area contributed by atoms with E-state index in [0.29, 0.717) is 12.2 Å². The Kier molecular flexibility index (Phi) is 8.08. The molecule has 0 aliphatic rings.